The Labute approximate surface area is 309 Å². The van der Waals surface area contributed by atoms with Gasteiger partial charge in [0.1, 0.15) is 16.5 Å². The zero-order chi connectivity index (χ0) is 37.9. The Balaban J connectivity index is 1.52. The van der Waals surface area contributed by atoms with Gasteiger partial charge in [0.05, 0.1) is 17.5 Å². The predicted molar refractivity (Wildman–Crippen MR) is 203 cm³/mol. The third kappa shape index (κ3) is 8.16. The van der Waals surface area contributed by atoms with Crippen LogP contribution in [0.25, 0.3) is 20.7 Å². The number of carbonyl (C=O) groups excluding carboxylic acids is 3. The molecular weight excluding hydrogens is 697 g/mol. The van der Waals surface area contributed by atoms with Gasteiger partial charge in [-0.25, -0.2) is 8.78 Å². The van der Waals surface area contributed by atoms with Crippen LogP contribution < -0.4 is 10.7 Å². The number of amides is 1. The van der Waals surface area contributed by atoms with Crippen molar-refractivity contribution in [1.29, 1.82) is 0 Å². The van der Waals surface area contributed by atoms with Crippen molar-refractivity contribution in [1.82, 2.24) is 9.47 Å². The third-order valence-corrected chi connectivity index (χ3v) is 10.1. The fraction of sp³-hybridized carbons (Fsp3) is 0.190. The molecule has 11 heteroatoms. The summed E-state index contributed by atoms with van der Waals surface area (Å²) in [6.07, 6.45) is 1.40. The largest absolute Gasteiger partial charge is 0.450 e. The number of rotatable bonds is 12. The molecule has 0 saturated carbocycles. The SMILES string of the molecule is CC(=O)OC(C)(C)C(=O)Nc1ccc(-c2sc3c(c2CN(C)Cc2ccccc2)c(=O)c(C(=O)c2ccccc2)cn3Cc2c(F)cccc2F)cc1. The van der Waals surface area contributed by atoms with Gasteiger partial charge in [-0.15, -0.1) is 11.3 Å². The topological polar surface area (TPSA) is 97.7 Å². The number of aromatic nitrogens is 1. The molecule has 0 fully saturated rings. The minimum atomic E-state index is -1.41. The number of ketones is 1. The van der Waals surface area contributed by atoms with Gasteiger partial charge in [0.25, 0.3) is 5.91 Å². The minimum absolute atomic E-state index is 0.120. The first-order valence-corrected chi connectivity index (χ1v) is 17.7. The molecule has 0 aliphatic rings. The van der Waals surface area contributed by atoms with E-state index >= 15 is 8.78 Å². The highest BCUT2D eigenvalue weighted by Gasteiger charge is 2.31. The lowest BCUT2D eigenvalue weighted by Crippen LogP contribution is -2.41. The van der Waals surface area contributed by atoms with E-state index in [9.17, 15) is 19.2 Å². The number of benzene rings is 4. The predicted octanol–water partition coefficient (Wildman–Crippen LogP) is 8.20. The fourth-order valence-corrected chi connectivity index (χ4v) is 7.46. The van der Waals surface area contributed by atoms with Crippen molar-refractivity contribution in [2.24, 2.45) is 0 Å². The second kappa shape index (κ2) is 15.4. The second-order valence-electron chi connectivity index (χ2n) is 13.3. The summed E-state index contributed by atoms with van der Waals surface area (Å²) in [5.74, 6) is -3.10. The van der Waals surface area contributed by atoms with Crippen LogP contribution in [-0.2, 0) is 34.0 Å². The molecule has 0 atom stereocenters. The van der Waals surface area contributed by atoms with Gasteiger partial charge in [0.2, 0.25) is 5.43 Å². The molecule has 4 aromatic carbocycles. The number of carbonyl (C=O) groups is 3. The third-order valence-electron chi connectivity index (χ3n) is 8.75. The van der Waals surface area contributed by atoms with Gasteiger partial charge in [-0.1, -0.05) is 78.9 Å². The van der Waals surface area contributed by atoms with Crippen LogP contribution in [0.5, 0.6) is 0 Å². The van der Waals surface area contributed by atoms with Gasteiger partial charge < -0.3 is 14.6 Å². The summed E-state index contributed by atoms with van der Waals surface area (Å²) >= 11 is 1.28. The molecule has 6 aromatic rings. The number of esters is 1. The maximum absolute atomic E-state index is 15.1. The average molecular weight is 734 g/mol. The van der Waals surface area contributed by atoms with E-state index < -0.39 is 40.3 Å². The van der Waals surface area contributed by atoms with Crippen molar-refractivity contribution in [2.75, 3.05) is 12.4 Å². The standard InChI is InChI=1S/C42H37F2N3O5S/c1-26(48)52-42(2,3)41(51)45-30-20-18-29(19-21-30)39-32(23-46(4)22-27-12-7-5-8-13-27)36-38(50)33(37(49)28-14-9-6-10-15-28)25-47(40(36)53-39)24-31-34(43)16-11-17-35(31)44/h5-21,25H,22-24H2,1-4H3,(H,45,51). The lowest BCUT2D eigenvalue weighted by Gasteiger charge is -2.23. The van der Waals surface area contributed by atoms with Crippen LogP contribution in [0.3, 0.4) is 0 Å². The Hall–Kier alpha value is -5.78. The van der Waals surface area contributed by atoms with Crippen LogP contribution in [0.1, 0.15) is 53.4 Å². The van der Waals surface area contributed by atoms with Crippen molar-refractivity contribution in [3.8, 4) is 10.4 Å². The highest BCUT2D eigenvalue weighted by molar-refractivity contribution is 7.22. The number of thiophene rings is 1. The molecule has 0 aliphatic heterocycles. The van der Waals surface area contributed by atoms with Gasteiger partial charge in [-0.3, -0.25) is 24.1 Å². The van der Waals surface area contributed by atoms with Crippen molar-refractivity contribution >= 4 is 44.9 Å². The molecular formula is C42H37F2N3O5S. The number of ether oxygens (including phenoxy) is 1. The highest BCUT2D eigenvalue weighted by atomic mass is 32.1. The molecule has 0 spiro atoms. The number of fused-ring (bicyclic) bond motifs is 1. The summed E-state index contributed by atoms with van der Waals surface area (Å²) in [6.45, 7) is 4.80. The number of hydrogen-bond acceptors (Lipinski definition) is 7. The van der Waals surface area contributed by atoms with Crippen LogP contribution in [0.4, 0.5) is 14.5 Å². The summed E-state index contributed by atoms with van der Waals surface area (Å²) in [4.78, 5) is 56.1. The van der Waals surface area contributed by atoms with E-state index in [2.05, 4.69) is 10.2 Å². The van der Waals surface area contributed by atoms with E-state index in [4.69, 9.17) is 4.74 Å². The number of anilines is 1. The van der Waals surface area contributed by atoms with Crippen molar-refractivity contribution in [2.45, 2.75) is 46.0 Å². The van der Waals surface area contributed by atoms with Gasteiger partial charge in [0, 0.05) is 47.9 Å². The van der Waals surface area contributed by atoms with Crippen LogP contribution in [0.15, 0.2) is 114 Å². The quantitative estimate of drug-likeness (QED) is 0.101. The lowest BCUT2D eigenvalue weighted by molar-refractivity contribution is -0.160. The number of nitrogens with one attached hydrogen (secondary N) is 1. The Morgan fingerprint density at radius 1 is 0.830 bits per heavy atom. The molecule has 0 aliphatic carbocycles. The normalized spacial score (nSPS) is 11.5. The van der Waals surface area contributed by atoms with Crippen LogP contribution in [0.2, 0.25) is 0 Å². The smallest absolute Gasteiger partial charge is 0.303 e. The number of pyridine rings is 1. The van der Waals surface area contributed by atoms with E-state index in [0.717, 1.165) is 5.56 Å². The molecule has 6 rings (SSSR count). The Morgan fingerprint density at radius 2 is 1.45 bits per heavy atom. The monoisotopic (exact) mass is 733 g/mol. The first-order valence-electron chi connectivity index (χ1n) is 16.9. The number of hydrogen-bond donors (Lipinski definition) is 1. The average Bonchev–Trinajstić information content (AvgIpc) is 3.50. The van der Waals surface area contributed by atoms with Gasteiger partial charge >= 0.3 is 5.97 Å². The summed E-state index contributed by atoms with van der Waals surface area (Å²) in [7, 11) is 1.93. The minimum Gasteiger partial charge on any atom is -0.450 e. The summed E-state index contributed by atoms with van der Waals surface area (Å²) in [6, 6.07) is 28.9. The zero-order valence-corrected chi connectivity index (χ0v) is 30.4. The van der Waals surface area contributed by atoms with Crippen LogP contribution in [0, 0.1) is 11.6 Å². The van der Waals surface area contributed by atoms with E-state index in [1.165, 1.54) is 56.5 Å². The first kappa shape index (κ1) is 37.0. The van der Waals surface area contributed by atoms with Crippen LogP contribution in [-0.4, -0.2) is 39.8 Å². The van der Waals surface area contributed by atoms with Crippen LogP contribution >= 0.6 is 11.3 Å². The molecule has 1 amide bonds. The molecule has 2 heterocycles. The summed E-state index contributed by atoms with van der Waals surface area (Å²) in [5, 5.41) is 3.06. The number of nitrogens with zero attached hydrogens (tertiary/aromatic N) is 2. The maximum Gasteiger partial charge on any atom is 0.303 e. The number of halogens is 2. The van der Waals surface area contributed by atoms with Gasteiger partial charge in [-0.05, 0) is 61.9 Å². The van der Waals surface area contributed by atoms with Gasteiger partial charge in [0.15, 0.2) is 11.4 Å². The lowest BCUT2D eigenvalue weighted by atomic mass is 10.00. The maximum atomic E-state index is 15.1. The summed E-state index contributed by atoms with van der Waals surface area (Å²) < 4.78 is 36.9. The molecule has 1 N–H and O–H groups in total. The zero-order valence-electron chi connectivity index (χ0n) is 29.6. The first-order chi connectivity index (χ1) is 25.3. The van der Waals surface area contributed by atoms with Crippen molar-refractivity contribution in [3.63, 3.8) is 0 Å². The van der Waals surface area contributed by atoms with Gasteiger partial charge in [-0.2, -0.15) is 0 Å². The fourth-order valence-electron chi connectivity index (χ4n) is 6.17. The Bertz CT molecular complexity index is 2350. The molecule has 0 bridgehead atoms. The summed E-state index contributed by atoms with van der Waals surface area (Å²) in [5.41, 5.74) is 0.958. The Kier molecular flexibility index (Phi) is 10.8. The molecule has 2 aromatic heterocycles. The Morgan fingerprint density at radius 3 is 2.08 bits per heavy atom. The molecule has 0 unspecified atom stereocenters. The molecule has 8 nitrogen and oxygen atoms in total. The van der Waals surface area contributed by atoms with Crippen molar-refractivity contribution < 1.29 is 27.9 Å². The van der Waals surface area contributed by atoms with E-state index in [1.807, 2.05) is 37.4 Å². The molecule has 270 valence electrons. The van der Waals surface area contributed by atoms with Crippen molar-refractivity contribution in [3.05, 3.63) is 159 Å². The second-order valence-corrected chi connectivity index (χ2v) is 14.3. The molecule has 0 radical (unpaired) electrons. The van der Waals surface area contributed by atoms with E-state index in [0.29, 0.717) is 45.2 Å². The van der Waals surface area contributed by atoms with E-state index in [-0.39, 0.29) is 23.1 Å². The highest BCUT2D eigenvalue weighted by Crippen LogP contribution is 2.39. The van der Waals surface area contributed by atoms with E-state index in [1.54, 1.807) is 59.2 Å². The molecule has 0 saturated heterocycles. The molecule has 53 heavy (non-hydrogen) atoms.